The summed E-state index contributed by atoms with van der Waals surface area (Å²) in [5, 5.41) is 0.456. The minimum atomic E-state index is 0.317. The fourth-order valence-corrected chi connectivity index (χ4v) is 2.08. The van der Waals surface area contributed by atoms with Crippen LogP contribution >= 0.6 is 11.6 Å². The van der Waals surface area contributed by atoms with Gasteiger partial charge in [0.2, 0.25) is 0 Å². The lowest BCUT2D eigenvalue weighted by atomic mass is 10.1. The maximum absolute atomic E-state index is 6.18. The van der Waals surface area contributed by atoms with Crippen LogP contribution in [-0.2, 0) is 6.42 Å². The van der Waals surface area contributed by atoms with Crippen molar-refractivity contribution in [2.45, 2.75) is 46.6 Å². The predicted molar refractivity (Wildman–Crippen MR) is 73.9 cm³/mol. The lowest BCUT2D eigenvalue weighted by molar-refractivity contribution is 0.542. The molecule has 0 aliphatic heterocycles. The fourth-order valence-electron chi connectivity index (χ4n) is 1.85. The molecular weight excluding hydrogens is 248 g/mol. The van der Waals surface area contributed by atoms with Gasteiger partial charge in [0.1, 0.15) is 11.3 Å². The van der Waals surface area contributed by atoms with Gasteiger partial charge in [-0.1, -0.05) is 31.9 Å². The largest absolute Gasteiger partial charge is 0.313 e. The molecule has 5 heteroatoms. The molecule has 18 heavy (non-hydrogen) atoms. The van der Waals surface area contributed by atoms with E-state index in [1.165, 1.54) is 0 Å². The topological polar surface area (TPSA) is 43.6 Å². The van der Waals surface area contributed by atoms with Gasteiger partial charge in [-0.05, 0) is 19.8 Å². The summed E-state index contributed by atoms with van der Waals surface area (Å²) in [6.07, 6.45) is 3.75. The molecule has 0 amide bonds. The molecule has 2 heterocycles. The average molecular weight is 267 g/mol. The van der Waals surface area contributed by atoms with Crippen molar-refractivity contribution >= 4 is 22.8 Å². The van der Waals surface area contributed by atoms with E-state index in [9.17, 15) is 0 Å². The second-order valence-electron chi connectivity index (χ2n) is 5.07. The number of rotatable bonds is 4. The Hall–Kier alpha value is -1.16. The van der Waals surface area contributed by atoms with Crippen LogP contribution in [-0.4, -0.2) is 19.5 Å². The van der Waals surface area contributed by atoms with Gasteiger partial charge >= 0.3 is 0 Å². The first kappa shape index (κ1) is 13.3. The van der Waals surface area contributed by atoms with Crippen LogP contribution in [0.15, 0.2) is 6.33 Å². The van der Waals surface area contributed by atoms with Crippen LogP contribution in [0.1, 0.15) is 46.0 Å². The van der Waals surface area contributed by atoms with E-state index >= 15 is 0 Å². The molecule has 0 aromatic carbocycles. The van der Waals surface area contributed by atoms with Gasteiger partial charge in [0, 0.05) is 12.5 Å². The summed E-state index contributed by atoms with van der Waals surface area (Å²) in [5.74, 6) is 1.37. The highest BCUT2D eigenvalue weighted by Gasteiger charge is 2.14. The molecule has 2 aromatic rings. The van der Waals surface area contributed by atoms with Crippen LogP contribution in [0.3, 0.4) is 0 Å². The Balaban J connectivity index is 2.48. The number of halogens is 1. The Morgan fingerprint density at radius 1 is 1.28 bits per heavy atom. The van der Waals surface area contributed by atoms with Crippen LogP contribution in [0.4, 0.5) is 0 Å². The van der Waals surface area contributed by atoms with Crippen molar-refractivity contribution in [2.24, 2.45) is 5.92 Å². The van der Waals surface area contributed by atoms with E-state index in [0.29, 0.717) is 22.6 Å². The molecule has 2 rings (SSSR count). The van der Waals surface area contributed by atoms with Crippen LogP contribution in [0.2, 0.25) is 5.15 Å². The average Bonchev–Trinajstić information content (AvgIpc) is 2.73. The third kappa shape index (κ3) is 2.48. The Morgan fingerprint density at radius 2 is 2.00 bits per heavy atom. The first-order valence-electron chi connectivity index (χ1n) is 6.41. The summed E-state index contributed by atoms with van der Waals surface area (Å²) in [4.78, 5) is 13.2. The second kappa shape index (κ2) is 5.22. The number of aromatic nitrogens is 4. The molecular formula is C13H19ClN4. The van der Waals surface area contributed by atoms with E-state index in [-0.39, 0.29) is 0 Å². The van der Waals surface area contributed by atoms with Crippen LogP contribution in [0.5, 0.6) is 0 Å². The van der Waals surface area contributed by atoms with Crippen molar-refractivity contribution in [1.29, 1.82) is 0 Å². The van der Waals surface area contributed by atoms with E-state index in [1.807, 2.05) is 4.57 Å². The van der Waals surface area contributed by atoms with Crippen molar-refractivity contribution in [1.82, 2.24) is 19.5 Å². The van der Waals surface area contributed by atoms with Gasteiger partial charge in [-0.2, -0.15) is 0 Å². The molecule has 0 fully saturated rings. The smallest absolute Gasteiger partial charge is 0.165 e. The first-order chi connectivity index (χ1) is 8.52. The highest BCUT2D eigenvalue weighted by molar-refractivity contribution is 6.33. The molecule has 4 nitrogen and oxygen atoms in total. The normalized spacial score (nSPS) is 13.4. The summed E-state index contributed by atoms with van der Waals surface area (Å²) in [6.45, 7) is 8.57. The molecule has 2 aromatic heterocycles. The van der Waals surface area contributed by atoms with Crippen molar-refractivity contribution in [3.63, 3.8) is 0 Å². The number of hydrogen-bond donors (Lipinski definition) is 0. The van der Waals surface area contributed by atoms with E-state index in [4.69, 9.17) is 11.6 Å². The highest BCUT2D eigenvalue weighted by Crippen LogP contribution is 2.22. The summed E-state index contributed by atoms with van der Waals surface area (Å²) in [5.41, 5.74) is 1.53. The van der Waals surface area contributed by atoms with Crippen molar-refractivity contribution in [3.8, 4) is 0 Å². The number of hydrogen-bond acceptors (Lipinski definition) is 3. The maximum Gasteiger partial charge on any atom is 0.165 e. The number of imidazole rings is 1. The van der Waals surface area contributed by atoms with Crippen molar-refractivity contribution in [2.75, 3.05) is 0 Å². The van der Waals surface area contributed by atoms with Gasteiger partial charge in [0.05, 0.1) is 6.33 Å². The van der Waals surface area contributed by atoms with Crippen LogP contribution in [0.25, 0.3) is 11.2 Å². The number of nitrogens with zero attached hydrogens (tertiary/aromatic N) is 4. The monoisotopic (exact) mass is 266 g/mol. The quantitative estimate of drug-likeness (QED) is 0.794. The molecule has 0 aliphatic rings. The molecule has 0 spiro atoms. The van der Waals surface area contributed by atoms with Crippen molar-refractivity contribution < 1.29 is 0 Å². The molecule has 0 radical (unpaired) electrons. The van der Waals surface area contributed by atoms with E-state index in [0.717, 1.165) is 24.3 Å². The first-order valence-corrected chi connectivity index (χ1v) is 6.79. The molecule has 0 aliphatic carbocycles. The predicted octanol–water partition coefficient (Wildman–Crippen LogP) is 3.65. The van der Waals surface area contributed by atoms with E-state index in [2.05, 4.69) is 42.6 Å². The van der Waals surface area contributed by atoms with Gasteiger partial charge in [-0.25, -0.2) is 15.0 Å². The summed E-state index contributed by atoms with van der Waals surface area (Å²) in [6, 6.07) is 0.317. The Morgan fingerprint density at radius 3 is 2.61 bits per heavy atom. The van der Waals surface area contributed by atoms with Crippen LogP contribution in [0, 0.1) is 5.92 Å². The fraction of sp³-hybridized carbons (Fsp3) is 0.615. The minimum Gasteiger partial charge on any atom is -0.313 e. The lowest BCUT2D eigenvalue weighted by Gasteiger charge is -2.10. The van der Waals surface area contributed by atoms with Crippen molar-refractivity contribution in [3.05, 3.63) is 17.3 Å². The SMILES string of the molecule is CCC(C)Cc1nc(Cl)c2ncn(C(C)C)c2n1. The summed E-state index contributed by atoms with van der Waals surface area (Å²) in [7, 11) is 0. The van der Waals surface area contributed by atoms with Gasteiger partial charge in [0.15, 0.2) is 10.8 Å². The third-order valence-electron chi connectivity index (χ3n) is 3.21. The lowest BCUT2D eigenvalue weighted by Crippen LogP contribution is -2.06. The van der Waals surface area contributed by atoms with E-state index in [1.54, 1.807) is 6.33 Å². The van der Waals surface area contributed by atoms with Gasteiger partial charge < -0.3 is 4.57 Å². The zero-order valence-electron chi connectivity index (χ0n) is 11.3. The van der Waals surface area contributed by atoms with E-state index < -0.39 is 0 Å². The molecule has 0 bridgehead atoms. The Labute approximate surface area is 112 Å². The molecule has 98 valence electrons. The summed E-state index contributed by atoms with van der Waals surface area (Å²) >= 11 is 6.18. The highest BCUT2D eigenvalue weighted by atomic mass is 35.5. The Bertz CT molecular complexity index is 547. The Kier molecular flexibility index (Phi) is 3.85. The molecule has 0 saturated heterocycles. The maximum atomic E-state index is 6.18. The molecule has 1 unspecified atom stereocenters. The van der Waals surface area contributed by atoms with Gasteiger partial charge in [-0.3, -0.25) is 0 Å². The molecule has 0 saturated carbocycles. The standard InChI is InChI=1S/C13H19ClN4/c1-5-9(4)6-10-16-12(14)11-13(17-10)18(7-15-11)8(2)3/h7-9H,5-6H2,1-4H3. The van der Waals surface area contributed by atoms with Gasteiger partial charge in [0.25, 0.3) is 0 Å². The molecule has 1 atom stereocenters. The zero-order chi connectivity index (χ0) is 13.3. The second-order valence-corrected chi connectivity index (χ2v) is 5.42. The minimum absolute atomic E-state index is 0.317. The number of fused-ring (bicyclic) bond motifs is 1. The zero-order valence-corrected chi connectivity index (χ0v) is 12.1. The third-order valence-corrected chi connectivity index (χ3v) is 3.47. The van der Waals surface area contributed by atoms with Crippen LogP contribution < -0.4 is 0 Å². The summed E-state index contributed by atoms with van der Waals surface area (Å²) < 4.78 is 2.03. The van der Waals surface area contributed by atoms with Gasteiger partial charge in [-0.15, -0.1) is 0 Å². The molecule has 0 N–H and O–H groups in total.